The lowest BCUT2D eigenvalue weighted by Gasteiger charge is -2.36. The Morgan fingerprint density at radius 1 is 1.06 bits per heavy atom. The number of tetrazole rings is 1. The average Bonchev–Trinajstić information content (AvgIpc) is 3.99. The van der Waals surface area contributed by atoms with Crippen molar-refractivity contribution in [3.63, 3.8) is 0 Å². The molecule has 3 fully saturated rings. The number of sulfonamides is 1. The SMILES string of the molecule is COc1ccc(-c2nnn([C@@H]3CC(C(=O)N[C@]4(C(=O)NS(=O)(=O)C5CC5)C[C@H]4C(F)F)N(C(=O)[C@@H](NCCc4ccccc4)C(C)(C)C)C3)n2)cc1. The highest BCUT2D eigenvalue weighted by Gasteiger charge is 2.66. The summed E-state index contributed by atoms with van der Waals surface area (Å²) in [6.45, 7) is 6.12. The van der Waals surface area contributed by atoms with Crippen molar-refractivity contribution in [3.8, 4) is 17.1 Å². The topological polar surface area (TPSA) is 178 Å². The molecule has 2 aliphatic carbocycles. The number of benzene rings is 2. The number of alkyl halides is 2. The number of amides is 3. The first kappa shape index (κ1) is 37.3. The fraction of sp³-hybridized carbons (Fsp3) is 0.543. The highest BCUT2D eigenvalue weighted by molar-refractivity contribution is 7.91. The minimum atomic E-state index is -4.09. The van der Waals surface area contributed by atoms with Gasteiger partial charge in [-0.3, -0.25) is 19.1 Å². The van der Waals surface area contributed by atoms with Crippen LogP contribution in [0.25, 0.3) is 11.4 Å². The first-order valence-corrected chi connectivity index (χ1v) is 18.9. The molecule has 17 heteroatoms. The normalized spacial score (nSPS) is 23.7. The second-order valence-electron chi connectivity index (χ2n) is 14.8. The summed E-state index contributed by atoms with van der Waals surface area (Å²) in [4.78, 5) is 44.7. The lowest BCUT2D eigenvalue weighted by Crippen LogP contribution is -2.60. The highest BCUT2D eigenvalue weighted by atomic mass is 32.2. The summed E-state index contributed by atoms with van der Waals surface area (Å²) in [5, 5.41) is 18.0. The van der Waals surface area contributed by atoms with Crippen molar-refractivity contribution >= 4 is 27.7 Å². The number of aromatic nitrogens is 4. The molecule has 3 amide bonds. The van der Waals surface area contributed by atoms with Gasteiger partial charge >= 0.3 is 0 Å². The second kappa shape index (κ2) is 14.5. The van der Waals surface area contributed by atoms with E-state index in [0.29, 0.717) is 42.9 Å². The van der Waals surface area contributed by atoms with Gasteiger partial charge in [-0.2, -0.15) is 4.80 Å². The van der Waals surface area contributed by atoms with E-state index in [2.05, 4.69) is 26.0 Å². The van der Waals surface area contributed by atoms with Gasteiger partial charge in [0.1, 0.15) is 17.3 Å². The third-order valence-corrected chi connectivity index (χ3v) is 11.8. The van der Waals surface area contributed by atoms with Crippen LogP contribution in [0.15, 0.2) is 54.6 Å². The Labute approximate surface area is 301 Å². The molecule has 14 nitrogen and oxygen atoms in total. The molecule has 2 aromatic carbocycles. The van der Waals surface area contributed by atoms with Gasteiger partial charge in [0.05, 0.1) is 30.4 Å². The number of rotatable bonds is 14. The van der Waals surface area contributed by atoms with Crippen LogP contribution in [0.3, 0.4) is 0 Å². The fourth-order valence-electron chi connectivity index (χ4n) is 6.68. The molecular formula is C35H44F2N8O6S. The number of halogens is 2. The summed E-state index contributed by atoms with van der Waals surface area (Å²) in [7, 11) is -2.54. The Morgan fingerprint density at radius 2 is 1.75 bits per heavy atom. The number of hydrogen-bond acceptors (Lipinski definition) is 10. The van der Waals surface area contributed by atoms with Gasteiger partial charge in [-0.25, -0.2) is 17.2 Å². The number of carbonyl (C=O) groups is 3. The van der Waals surface area contributed by atoms with E-state index in [4.69, 9.17) is 4.74 Å². The van der Waals surface area contributed by atoms with Gasteiger partial charge in [0.15, 0.2) is 0 Å². The molecule has 3 aromatic rings. The summed E-state index contributed by atoms with van der Waals surface area (Å²) < 4.78 is 60.5. The van der Waals surface area contributed by atoms with Crippen molar-refractivity contribution in [2.75, 3.05) is 20.2 Å². The average molecular weight is 743 g/mol. The number of methoxy groups -OCH3 is 1. The van der Waals surface area contributed by atoms with Gasteiger partial charge in [0, 0.05) is 18.5 Å². The van der Waals surface area contributed by atoms with Gasteiger partial charge in [-0.1, -0.05) is 51.1 Å². The fourth-order valence-corrected chi connectivity index (χ4v) is 8.05. The number of hydrogen-bond donors (Lipinski definition) is 3. The molecule has 3 N–H and O–H groups in total. The molecule has 1 aliphatic heterocycles. The maximum absolute atomic E-state index is 14.5. The van der Waals surface area contributed by atoms with Gasteiger partial charge in [-0.15, -0.1) is 10.2 Å². The van der Waals surface area contributed by atoms with Crippen LogP contribution in [0.1, 0.15) is 58.1 Å². The van der Waals surface area contributed by atoms with E-state index in [9.17, 15) is 31.6 Å². The lowest BCUT2D eigenvalue weighted by atomic mass is 9.85. The number of ether oxygens (including phenoxy) is 1. The molecule has 0 bridgehead atoms. The van der Waals surface area contributed by atoms with Gasteiger partial charge in [0.25, 0.3) is 5.91 Å². The zero-order valence-electron chi connectivity index (χ0n) is 29.5. The molecule has 1 aromatic heterocycles. The van der Waals surface area contributed by atoms with E-state index in [1.54, 1.807) is 31.4 Å². The van der Waals surface area contributed by atoms with Crippen LogP contribution >= 0.6 is 0 Å². The molecule has 1 saturated heterocycles. The van der Waals surface area contributed by atoms with E-state index in [1.807, 2.05) is 55.8 Å². The van der Waals surface area contributed by atoms with Crippen molar-refractivity contribution in [2.24, 2.45) is 11.3 Å². The molecule has 2 heterocycles. The van der Waals surface area contributed by atoms with E-state index in [1.165, 1.54) is 9.70 Å². The molecule has 3 aliphatic rings. The molecule has 0 spiro atoms. The molecule has 0 radical (unpaired) electrons. The van der Waals surface area contributed by atoms with Crippen LogP contribution in [0.4, 0.5) is 8.78 Å². The van der Waals surface area contributed by atoms with Crippen LogP contribution in [-0.4, -0.2) is 101 Å². The van der Waals surface area contributed by atoms with Crippen molar-refractivity contribution < 1.29 is 36.3 Å². The Kier molecular flexibility index (Phi) is 10.4. The Bertz CT molecular complexity index is 1880. The molecule has 5 atom stereocenters. The van der Waals surface area contributed by atoms with Gasteiger partial charge < -0.3 is 20.3 Å². The quantitative estimate of drug-likeness (QED) is 0.223. The largest absolute Gasteiger partial charge is 0.497 e. The van der Waals surface area contributed by atoms with Crippen molar-refractivity contribution in [1.29, 1.82) is 0 Å². The smallest absolute Gasteiger partial charge is 0.259 e. The first-order chi connectivity index (χ1) is 24.6. The molecule has 52 heavy (non-hydrogen) atoms. The summed E-state index contributed by atoms with van der Waals surface area (Å²) >= 11 is 0. The van der Waals surface area contributed by atoms with Crippen LogP contribution in [0.2, 0.25) is 0 Å². The second-order valence-corrected chi connectivity index (χ2v) is 16.8. The van der Waals surface area contributed by atoms with Crippen molar-refractivity contribution in [3.05, 3.63) is 60.2 Å². The zero-order valence-corrected chi connectivity index (χ0v) is 30.3. The summed E-state index contributed by atoms with van der Waals surface area (Å²) in [5.41, 5.74) is -1.03. The van der Waals surface area contributed by atoms with Crippen molar-refractivity contribution in [2.45, 2.75) is 88.2 Å². The first-order valence-electron chi connectivity index (χ1n) is 17.3. The minimum absolute atomic E-state index is 0.0180. The molecule has 1 unspecified atom stereocenters. The maximum atomic E-state index is 14.5. The van der Waals surface area contributed by atoms with E-state index >= 15 is 0 Å². The Hall–Kier alpha value is -4.51. The Morgan fingerprint density at radius 3 is 2.35 bits per heavy atom. The van der Waals surface area contributed by atoms with Crippen LogP contribution < -0.4 is 20.1 Å². The summed E-state index contributed by atoms with van der Waals surface area (Å²) in [5.74, 6) is -3.13. The predicted octanol–water partition coefficient (Wildman–Crippen LogP) is 2.49. The predicted molar refractivity (Wildman–Crippen MR) is 185 cm³/mol. The summed E-state index contributed by atoms with van der Waals surface area (Å²) in [6, 6.07) is 14.1. The van der Waals surface area contributed by atoms with Crippen LogP contribution in [0.5, 0.6) is 5.75 Å². The van der Waals surface area contributed by atoms with Crippen LogP contribution in [-0.2, 0) is 30.8 Å². The van der Waals surface area contributed by atoms with Crippen molar-refractivity contribution in [1.82, 2.24) is 40.5 Å². The van der Waals surface area contributed by atoms with Gasteiger partial charge in [0.2, 0.25) is 34.1 Å². The zero-order chi connectivity index (χ0) is 37.4. The van der Waals surface area contributed by atoms with E-state index in [0.717, 1.165) is 5.56 Å². The molecule has 6 rings (SSSR count). The van der Waals surface area contributed by atoms with E-state index < -0.39 is 80.8 Å². The van der Waals surface area contributed by atoms with Gasteiger partial charge in [-0.05, 0) is 72.7 Å². The molecule has 280 valence electrons. The van der Waals surface area contributed by atoms with Crippen LogP contribution in [0, 0.1) is 11.3 Å². The minimum Gasteiger partial charge on any atom is -0.497 e. The summed E-state index contributed by atoms with van der Waals surface area (Å²) in [6.07, 6.45) is -2.13. The molecular weight excluding hydrogens is 698 g/mol. The third-order valence-electron chi connectivity index (χ3n) is 9.95. The number of likely N-dealkylation sites (tertiary alicyclic amines) is 1. The number of nitrogens with one attached hydrogen (secondary N) is 3. The van der Waals surface area contributed by atoms with E-state index in [-0.39, 0.29) is 13.0 Å². The number of carbonyl (C=O) groups excluding carboxylic acids is 3. The highest BCUT2D eigenvalue weighted by Crippen LogP contribution is 2.48. The Balaban J connectivity index is 1.27. The number of nitrogens with zero attached hydrogens (tertiary/aromatic N) is 5. The molecule has 2 saturated carbocycles. The monoisotopic (exact) mass is 742 g/mol. The maximum Gasteiger partial charge on any atom is 0.259 e. The standard InChI is InChI=1S/C35H44F2N8O6S/c1-34(2,3)28(38-17-16-21-8-6-5-7-9-21)32(47)44-20-23(45-41-30(40-43-45)22-10-12-24(51-4)13-11-22)18-27(44)31(46)39-35(19-26(35)29(36)37)33(48)42-52(49,50)25-14-15-25/h5-13,23,25-29,38H,14-20H2,1-4H3,(H,39,46)(H,42,48)/t23-,26+,27?,28-,35-/m1/s1. The lowest BCUT2D eigenvalue weighted by molar-refractivity contribution is -0.143. The third kappa shape index (κ3) is 7.94.